The Labute approximate surface area is 152 Å². The smallest absolute Gasteiger partial charge is 0.240 e. The summed E-state index contributed by atoms with van der Waals surface area (Å²) in [6.45, 7) is 1.85. The highest BCUT2D eigenvalue weighted by Crippen LogP contribution is 2.21. The molecule has 1 fully saturated rings. The van der Waals surface area contributed by atoms with E-state index in [1.54, 1.807) is 0 Å². The summed E-state index contributed by atoms with van der Waals surface area (Å²) < 4.78 is 5.51. The fourth-order valence-electron chi connectivity index (χ4n) is 2.56. The maximum absolute atomic E-state index is 11.9. The Morgan fingerprint density at radius 3 is 2.92 bits per heavy atom. The van der Waals surface area contributed by atoms with E-state index < -0.39 is 0 Å². The Morgan fingerprint density at radius 2 is 2.17 bits per heavy atom. The number of ether oxygens (including phenoxy) is 1. The molecule has 0 saturated carbocycles. The number of carbonyl (C=O) groups is 1. The van der Waals surface area contributed by atoms with Crippen LogP contribution >= 0.6 is 23.7 Å². The summed E-state index contributed by atoms with van der Waals surface area (Å²) in [7, 11) is 0. The lowest BCUT2D eigenvalue weighted by atomic mass is 10.1. The molecular weight excluding hydrogens is 346 g/mol. The third kappa shape index (κ3) is 5.87. The summed E-state index contributed by atoms with van der Waals surface area (Å²) in [5.41, 5.74) is 1.24. The molecule has 0 aliphatic carbocycles. The van der Waals surface area contributed by atoms with E-state index in [4.69, 9.17) is 4.74 Å². The summed E-state index contributed by atoms with van der Waals surface area (Å²) in [6.07, 6.45) is 5.10. The van der Waals surface area contributed by atoms with Crippen molar-refractivity contribution in [3.05, 3.63) is 47.0 Å². The summed E-state index contributed by atoms with van der Waals surface area (Å²) >= 11 is 1.52. The molecule has 2 heterocycles. The Hall–Kier alpha value is -1.47. The van der Waals surface area contributed by atoms with Crippen LogP contribution < -0.4 is 10.6 Å². The SMILES string of the molecule is Cl.O=C(CNCC1CCCO1)Nc1ncc(Cc2ccccc2)s1. The largest absolute Gasteiger partial charge is 0.377 e. The number of hydrogen-bond acceptors (Lipinski definition) is 5. The molecule has 24 heavy (non-hydrogen) atoms. The maximum atomic E-state index is 11.9. The lowest BCUT2D eigenvalue weighted by Gasteiger charge is -2.09. The van der Waals surface area contributed by atoms with E-state index >= 15 is 0 Å². The second-order valence-corrected chi connectivity index (χ2v) is 6.72. The van der Waals surface area contributed by atoms with Crippen LogP contribution in [0.1, 0.15) is 23.3 Å². The lowest BCUT2D eigenvalue weighted by molar-refractivity contribution is -0.115. The van der Waals surface area contributed by atoms with Crippen LogP contribution in [0.25, 0.3) is 0 Å². The maximum Gasteiger partial charge on any atom is 0.240 e. The van der Waals surface area contributed by atoms with E-state index in [0.717, 1.165) is 37.3 Å². The molecule has 1 aliphatic heterocycles. The van der Waals surface area contributed by atoms with Gasteiger partial charge in [-0.15, -0.1) is 23.7 Å². The molecule has 1 unspecified atom stereocenters. The van der Waals surface area contributed by atoms with Gasteiger partial charge < -0.3 is 15.4 Å². The molecule has 2 aromatic rings. The summed E-state index contributed by atoms with van der Waals surface area (Å²) in [5.74, 6) is -0.0661. The van der Waals surface area contributed by atoms with Crippen molar-refractivity contribution in [1.82, 2.24) is 10.3 Å². The molecular formula is C17H22ClN3O2S. The Morgan fingerprint density at radius 1 is 1.33 bits per heavy atom. The predicted molar refractivity (Wildman–Crippen MR) is 99.1 cm³/mol. The third-order valence-corrected chi connectivity index (χ3v) is 4.62. The van der Waals surface area contributed by atoms with Crippen LogP contribution in [0.3, 0.4) is 0 Å². The number of anilines is 1. The minimum absolute atomic E-state index is 0. The number of nitrogens with zero attached hydrogens (tertiary/aromatic N) is 1. The first-order valence-electron chi connectivity index (χ1n) is 7.90. The molecule has 1 aliphatic rings. The van der Waals surface area contributed by atoms with Gasteiger partial charge in [0.2, 0.25) is 5.91 Å². The monoisotopic (exact) mass is 367 g/mol. The number of benzene rings is 1. The van der Waals surface area contributed by atoms with E-state index in [-0.39, 0.29) is 31.0 Å². The predicted octanol–water partition coefficient (Wildman–Crippen LogP) is 2.86. The number of hydrogen-bond donors (Lipinski definition) is 2. The molecule has 0 bridgehead atoms. The van der Waals surface area contributed by atoms with Crippen LogP contribution in [-0.4, -0.2) is 36.7 Å². The van der Waals surface area contributed by atoms with Gasteiger partial charge in [-0.05, 0) is 18.4 Å². The lowest BCUT2D eigenvalue weighted by Crippen LogP contribution is -2.33. The van der Waals surface area contributed by atoms with Crippen molar-refractivity contribution in [2.75, 3.05) is 25.0 Å². The Kier molecular flexibility index (Phi) is 7.65. The molecule has 130 valence electrons. The topological polar surface area (TPSA) is 63.2 Å². The zero-order valence-electron chi connectivity index (χ0n) is 13.4. The van der Waals surface area contributed by atoms with Crippen molar-refractivity contribution in [2.24, 2.45) is 0 Å². The summed E-state index contributed by atoms with van der Waals surface area (Å²) in [4.78, 5) is 17.3. The van der Waals surface area contributed by atoms with E-state index in [1.165, 1.54) is 16.9 Å². The van der Waals surface area contributed by atoms with Gasteiger partial charge in [-0.25, -0.2) is 4.98 Å². The van der Waals surface area contributed by atoms with Crippen LogP contribution in [0.5, 0.6) is 0 Å². The van der Waals surface area contributed by atoms with Gasteiger partial charge in [-0.3, -0.25) is 4.79 Å². The minimum Gasteiger partial charge on any atom is -0.377 e. The van der Waals surface area contributed by atoms with E-state index in [1.807, 2.05) is 24.4 Å². The van der Waals surface area contributed by atoms with Gasteiger partial charge in [-0.2, -0.15) is 0 Å². The van der Waals surface area contributed by atoms with Crippen molar-refractivity contribution in [2.45, 2.75) is 25.4 Å². The number of thiazole rings is 1. The van der Waals surface area contributed by atoms with Crippen LogP contribution in [0.15, 0.2) is 36.5 Å². The highest BCUT2D eigenvalue weighted by molar-refractivity contribution is 7.15. The van der Waals surface area contributed by atoms with Gasteiger partial charge in [0.1, 0.15) is 0 Å². The standard InChI is InChI=1S/C17H21N3O2S.ClH/c21-16(12-18-10-14-7-4-8-22-14)20-17-19-11-15(23-17)9-13-5-2-1-3-6-13;/h1-3,5-6,11,14,18H,4,7-10,12H2,(H,19,20,21);1H. The van der Waals surface area contributed by atoms with Crippen molar-refractivity contribution < 1.29 is 9.53 Å². The van der Waals surface area contributed by atoms with Gasteiger partial charge in [0.05, 0.1) is 12.6 Å². The van der Waals surface area contributed by atoms with Crippen molar-refractivity contribution in [3.63, 3.8) is 0 Å². The average molecular weight is 368 g/mol. The van der Waals surface area contributed by atoms with Crippen LogP contribution in [0.2, 0.25) is 0 Å². The third-order valence-electron chi connectivity index (χ3n) is 3.70. The number of halogens is 1. The molecule has 7 heteroatoms. The zero-order chi connectivity index (χ0) is 15.9. The Bertz CT molecular complexity index is 630. The molecule has 1 amide bonds. The fraction of sp³-hybridized carbons (Fsp3) is 0.412. The molecule has 3 rings (SSSR count). The van der Waals surface area contributed by atoms with Crippen LogP contribution in [0, 0.1) is 0 Å². The molecule has 0 radical (unpaired) electrons. The number of carbonyl (C=O) groups excluding carboxylic acids is 1. The fourth-order valence-corrected chi connectivity index (χ4v) is 3.42. The number of rotatable bonds is 7. The highest BCUT2D eigenvalue weighted by atomic mass is 35.5. The van der Waals surface area contributed by atoms with Gasteiger partial charge in [-0.1, -0.05) is 30.3 Å². The molecule has 2 N–H and O–H groups in total. The van der Waals surface area contributed by atoms with Crippen molar-refractivity contribution in [1.29, 1.82) is 0 Å². The Balaban J connectivity index is 0.00000208. The summed E-state index contributed by atoms with van der Waals surface area (Å²) in [6, 6.07) is 10.2. The first-order valence-corrected chi connectivity index (χ1v) is 8.72. The van der Waals surface area contributed by atoms with Crippen molar-refractivity contribution in [3.8, 4) is 0 Å². The van der Waals surface area contributed by atoms with Crippen molar-refractivity contribution >= 4 is 34.8 Å². The van der Waals surface area contributed by atoms with Gasteiger partial charge in [0, 0.05) is 30.6 Å². The first-order chi connectivity index (χ1) is 11.3. The molecule has 5 nitrogen and oxygen atoms in total. The number of aromatic nitrogens is 1. The molecule has 0 spiro atoms. The van der Waals surface area contributed by atoms with E-state index in [0.29, 0.717) is 5.13 Å². The van der Waals surface area contributed by atoms with Gasteiger partial charge in [0.15, 0.2) is 5.13 Å². The average Bonchev–Trinajstić information content (AvgIpc) is 3.21. The van der Waals surface area contributed by atoms with Gasteiger partial charge >= 0.3 is 0 Å². The second kappa shape index (κ2) is 9.74. The number of nitrogens with one attached hydrogen (secondary N) is 2. The van der Waals surface area contributed by atoms with E-state index in [2.05, 4.69) is 27.8 Å². The first kappa shape index (κ1) is 18.9. The molecule has 1 atom stereocenters. The molecule has 1 aromatic carbocycles. The summed E-state index contributed by atoms with van der Waals surface area (Å²) in [5, 5.41) is 6.63. The molecule has 1 aromatic heterocycles. The quantitative estimate of drug-likeness (QED) is 0.789. The van der Waals surface area contributed by atoms with Crippen LogP contribution in [0.4, 0.5) is 5.13 Å². The van der Waals surface area contributed by atoms with Crippen LogP contribution in [-0.2, 0) is 16.0 Å². The van der Waals surface area contributed by atoms with E-state index in [9.17, 15) is 4.79 Å². The highest BCUT2D eigenvalue weighted by Gasteiger charge is 2.15. The van der Waals surface area contributed by atoms with Gasteiger partial charge in [0.25, 0.3) is 0 Å². The number of amides is 1. The second-order valence-electron chi connectivity index (χ2n) is 5.61. The zero-order valence-corrected chi connectivity index (χ0v) is 15.0. The molecule has 1 saturated heterocycles. The normalized spacial score (nSPS) is 16.6. The minimum atomic E-state index is -0.0661.